The van der Waals surface area contributed by atoms with E-state index in [0.29, 0.717) is 12.2 Å². The molecule has 0 spiro atoms. The molecule has 27 heavy (non-hydrogen) atoms. The summed E-state index contributed by atoms with van der Waals surface area (Å²) in [6.07, 6.45) is 5.90. The number of aromatic nitrogens is 3. The fraction of sp³-hybridized carbons (Fsp3) is 0.350. The summed E-state index contributed by atoms with van der Waals surface area (Å²) < 4.78 is 1.82. The van der Waals surface area contributed by atoms with Crippen molar-refractivity contribution in [3.63, 3.8) is 0 Å². The second-order valence-corrected chi connectivity index (χ2v) is 7.50. The number of piperidine rings is 1. The van der Waals surface area contributed by atoms with Gasteiger partial charge in [0.15, 0.2) is 0 Å². The molecule has 1 aliphatic heterocycles. The van der Waals surface area contributed by atoms with Crippen LogP contribution in [-0.2, 0) is 0 Å². The number of hydrogen-bond donors (Lipinski definition) is 1. The van der Waals surface area contributed by atoms with E-state index in [9.17, 15) is 4.79 Å². The monoisotopic (exact) mass is 381 g/mol. The summed E-state index contributed by atoms with van der Waals surface area (Å²) in [5.41, 5.74) is 2.44. The zero-order chi connectivity index (χ0) is 18.6. The first kappa shape index (κ1) is 17.9. The normalized spacial score (nSPS) is 17.0. The molecule has 6 nitrogen and oxygen atoms in total. The Bertz CT molecular complexity index is 898. The smallest absolute Gasteiger partial charge is 0.273 e. The minimum absolute atomic E-state index is 0.0177. The number of rotatable bonds is 5. The van der Waals surface area contributed by atoms with E-state index in [-0.39, 0.29) is 11.9 Å². The summed E-state index contributed by atoms with van der Waals surface area (Å²) in [4.78, 5) is 19.5. The van der Waals surface area contributed by atoms with Crippen LogP contribution in [0.4, 0.5) is 0 Å². The molecule has 1 atom stereocenters. The van der Waals surface area contributed by atoms with Crippen LogP contribution in [-0.4, -0.2) is 51.2 Å². The number of carbonyl (C=O) groups is 1. The molecule has 1 fully saturated rings. The topological polar surface area (TPSA) is 63.1 Å². The number of thiazole rings is 1. The van der Waals surface area contributed by atoms with Crippen molar-refractivity contribution >= 4 is 17.2 Å². The Hall–Kier alpha value is -2.51. The van der Waals surface area contributed by atoms with Gasteiger partial charge in [0.05, 0.1) is 11.9 Å². The molecule has 3 heterocycles. The lowest BCUT2D eigenvalue weighted by atomic mass is 10.1. The van der Waals surface area contributed by atoms with E-state index in [0.717, 1.165) is 42.2 Å². The zero-order valence-electron chi connectivity index (χ0n) is 15.3. The van der Waals surface area contributed by atoms with Crippen molar-refractivity contribution < 1.29 is 4.79 Å². The van der Waals surface area contributed by atoms with Crippen LogP contribution < -0.4 is 5.32 Å². The molecule has 0 unspecified atom stereocenters. The summed E-state index contributed by atoms with van der Waals surface area (Å²) in [6, 6.07) is 10.2. The van der Waals surface area contributed by atoms with Crippen LogP contribution in [0.15, 0.2) is 48.1 Å². The third-order valence-electron chi connectivity index (χ3n) is 4.89. The van der Waals surface area contributed by atoms with Crippen molar-refractivity contribution in [3.8, 4) is 16.3 Å². The van der Waals surface area contributed by atoms with E-state index in [1.54, 1.807) is 6.20 Å². The van der Waals surface area contributed by atoms with Crippen LogP contribution >= 0.6 is 11.3 Å². The third kappa shape index (κ3) is 3.79. The Morgan fingerprint density at radius 2 is 2.22 bits per heavy atom. The fourth-order valence-corrected chi connectivity index (χ4v) is 4.24. The molecule has 140 valence electrons. The summed E-state index contributed by atoms with van der Waals surface area (Å²) in [6.45, 7) is 4.63. The zero-order valence-corrected chi connectivity index (χ0v) is 16.2. The molecule has 3 aromatic rings. The van der Waals surface area contributed by atoms with Crippen molar-refractivity contribution in [2.75, 3.05) is 19.6 Å². The number of likely N-dealkylation sites (N-methyl/N-ethyl adjacent to an activating group) is 1. The highest BCUT2D eigenvalue weighted by molar-refractivity contribution is 7.13. The Morgan fingerprint density at radius 3 is 2.96 bits per heavy atom. The van der Waals surface area contributed by atoms with Crippen molar-refractivity contribution in [2.45, 2.75) is 25.8 Å². The van der Waals surface area contributed by atoms with Crippen LogP contribution in [0, 0.1) is 0 Å². The summed E-state index contributed by atoms with van der Waals surface area (Å²) in [5, 5.41) is 10.5. The fourth-order valence-electron chi connectivity index (χ4n) is 3.47. The molecule has 7 heteroatoms. The minimum atomic E-state index is 0.0177. The van der Waals surface area contributed by atoms with Gasteiger partial charge in [0.2, 0.25) is 0 Å². The SMILES string of the molecule is CCN(C(=O)c1csc(-c2cnn(-c3ccccc3)c2)n1)[C@@H]1CCCNC1. The van der Waals surface area contributed by atoms with Crippen LogP contribution in [0.5, 0.6) is 0 Å². The second-order valence-electron chi connectivity index (χ2n) is 6.64. The molecule has 1 aromatic carbocycles. The standard InChI is InChI=1S/C20H23N5OS/c1-2-24(17-9-6-10-21-12-17)20(26)18-14-27-19(23-18)15-11-22-25(13-15)16-7-4-3-5-8-16/h3-5,7-8,11,13-14,17,21H,2,6,9-10,12H2,1H3/t17-/m1/s1. The molecule has 1 N–H and O–H groups in total. The van der Waals surface area contributed by atoms with Gasteiger partial charge in [0.1, 0.15) is 10.7 Å². The largest absolute Gasteiger partial charge is 0.333 e. The minimum Gasteiger partial charge on any atom is -0.333 e. The Morgan fingerprint density at radius 1 is 1.37 bits per heavy atom. The van der Waals surface area contributed by atoms with Gasteiger partial charge in [-0.3, -0.25) is 4.79 Å². The highest BCUT2D eigenvalue weighted by atomic mass is 32.1. The van der Waals surface area contributed by atoms with Gasteiger partial charge in [-0.05, 0) is 38.4 Å². The number of para-hydroxylation sites is 1. The molecule has 0 bridgehead atoms. The van der Waals surface area contributed by atoms with Crippen LogP contribution in [0.1, 0.15) is 30.3 Å². The van der Waals surface area contributed by atoms with E-state index in [1.807, 2.05) is 58.4 Å². The average Bonchev–Trinajstić information content (AvgIpc) is 3.40. The molecule has 0 radical (unpaired) electrons. The van der Waals surface area contributed by atoms with Gasteiger partial charge in [0.25, 0.3) is 5.91 Å². The first-order valence-corrected chi connectivity index (χ1v) is 10.2. The first-order chi connectivity index (χ1) is 13.3. The molecule has 0 aliphatic carbocycles. The molecule has 0 saturated carbocycles. The number of carbonyl (C=O) groups excluding carboxylic acids is 1. The van der Waals surface area contributed by atoms with Gasteiger partial charge in [-0.25, -0.2) is 9.67 Å². The molecule has 1 amide bonds. The van der Waals surface area contributed by atoms with E-state index in [2.05, 4.69) is 15.4 Å². The Kier molecular flexibility index (Phi) is 5.31. The average molecular weight is 382 g/mol. The maximum atomic E-state index is 13.0. The lowest BCUT2D eigenvalue weighted by Gasteiger charge is -2.33. The predicted molar refractivity (Wildman–Crippen MR) is 107 cm³/mol. The molecule has 2 aromatic heterocycles. The van der Waals surface area contributed by atoms with Crippen LogP contribution in [0.25, 0.3) is 16.3 Å². The van der Waals surface area contributed by atoms with E-state index >= 15 is 0 Å². The van der Waals surface area contributed by atoms with Crippen molar-refractivity contribution in [1.29, 1.82) is 0 Å². The van der Waals surface area contributed by atoms with Gasteiger partial charge in [-0.1, -0.05) is 18.2 Å². The third-order valence-corrected chi connectivity index (χ3v) is 5.78. The summed E-state index contributed by atoms with van der Waals surface area (Å²) in [7, 11) is 0. The number of nitrogens with one attached hydrogen (secondary N) is 1. The number of benzene rings is 1. The van der Waals surface area contributed by atoms with Crippen molar-refractivity contribution in [3.05, 3.63) is 53.8 Å². The van der Waals surface area contributed by atoms with E-state index < -0.39 is 0 Å². The van der Waals surface area contributed by atoms with Crippen LogP contribution in [0.3, 0.4) is 0 Å². The lowest BCUT2D eigenvalue weighted by molar-refractivity contribution is 0.0657. The second kappa shape index (κ2) is 8.02. The maximum Gasteiger partial charge on any atom is 0.273 e. The Labute approximate surface area is 162 Å². The lowest BCUT2D eigenvalue weighted by Crippen LogP contribution is -2.48. The van der Waals surface area contributed by atoms with Gasteiger partial charge >= 0.3 is 0 Å². The summed E-state index contributed by atoms with van der Waals surface area (Å²) >= 11 is 1.49. The van der Waals surface area contributed by atoms with Gasteiger partial charge < -0.3 is 10.2 Å². The van der Waals surface area contributed by atoms with Gasteiger partial charge in [-0.2, -0.15) is 5.10 Å². The number of hydrogen-bond acceptors (Lipinski definition) is 5. The van der Waals surface area contributed by atoms with E-state index in [4.69, 9.17) is 0 Å². The first-order valence-electron chi connectivity index (χ1n) is 9.34. The van der Waals surface area contributed by atoms with Crippen molar-refractivity contribution in [1.82, 2.24) is 25.0 Å². The van der Waals surface area contributed by atoms with Gasteiger partial charge in [-0.15, -0.1) is 11.3 Å². The molecule has 4 rings (SSSR count). The molecule has 1 aliphatic rings. The molecular formula is C20H23N5OS. The quantitative estimate of drug-likeness (QED) is 0.737. The summed E-state index contributed by atoms with van der Waals surface area (Å²) in [5.74, 6) is 0.0177. The number of nitrogens with zero attached hydrogens (tertiary/aromatic N) is 4. The number of amides is 1. The predicted octanol–water partition coefficient (Wildman–Crippen LogP) is 3.21. The van der Waals surface area contributed by atoms with Crippen LogP contribution in [0.2, 0.25) is 0 Å². The Balaban J connectivity index is 1.53. The molecular weight excluding hydrogens is 358 g/mol. The maximum absolute atomic E-state index is 13.0. The van der Waals surface area contributed by atoms with E-state index in [1.165, 1.54) is 11.3 Å². The highest BCUT2D eigenvalue weighted by Gasteiger charge is 2.26. The molecule has 1 saturated heterocycles. The van der Waals surface area contributed by atoms with Crippen molar-refractivity contribution in [2.24, 2.45) is 0 Å². The highest BCUT2D eigenvalue weighted by Crippen LogP contribution is 2.25. The van der Waals surface area contributed by atoms with Gasteiger partial charge in [0, 0.05) is 36.3 Å².